The Morgan fingerprint density at radius 3 is 2.81 bits per heavy atom. The predicted molar refractivity (Wildman–Crippen MR) is 94.0 cm³/mol. The maximum Gasteiger partial charge on any atom is 0.323 e. The third-order valence-electron chi connectivity index (χ3n) is 4.43. The molecule has 2 aromatic rings. The summed E-state index contributed by atoms with van der Waals surface area (Å²) in [5.74, 6) is -0.266. The van der Waals surface area contributed by atoms with Crippen molar-refractivity contribution in [3.8, 4) is 0 Å². The molecule has 1 aliphatic heterocycles. The van der Waals surface area contributed by atoms with Crippen LogP contribution < -0.4 is 11.5 Å². The van der Waals surface area contributed by atoms with E-state index in [1.54, 1.807) is 0 Å². The van der Waals surface area contributed by atoms with E-state index in [1.807, 2.05) is 13.8 Å². The topological polar surface area (TPSA) is 172 Å². The number of ether oxygens (including phenoxy) is 2. The molecule has 0 unspecified atom stereocenters. The van der Waals surface area contributed by atoms with Crippen LogP contribution in [-0.2, 0) is 14.3 Å². The van der Waals surface area contributed by atoms with Gasteiger partial charge in [-0.05, 0) is 12.3 Å². The second-order valence-electron chi connectivity index (χ2n) is 6.96. The fourth-order valence-electron chi connectivity index (χ4n) is 3.10. The van der Waals surface area contributed by atoms with E-state index in [2.05, 4.69) is 15.0 Å². The van der Waals surface area contributed by atoms with Gasteiger partial charge >= 0.3 is 5.97 Å². The zero-order valence-corrected chi connectivity index (χ0v) is 15.1. The van der Waals surface area contributed by atoms with Gasteiger partial charge in [-0.2, -0.15) is 0 Å². The molecule has 0 radical (unpaired) electrons. The number of carbonyl (C=O) groups is 1. The number of imidazole rings is 1. The second kappa shape index (κ2) is 7.72. The number of rotatable bonds is 6. The lowest BCUT2D eigenvalue weighted by atomic mass is 10.0. The van der Waals surface area contributed by atoms with Crippen LogP contribution in [0.3, 0.4) is 0 Å². The van der Waals surface area contributed by atoms with Gasteiger partial charge in [0.25, 0.3) is 0 Å². The van der Waals surface area contributed by atoms with Crippen LogP contribution in [0, 0.1) is 5.92 Å². The molecule has 0 aliphatic carbocycles. The van der Waals surface area contributed by atoms with Gasteiger partial charge < -0.3 is 31.2 Å². The number of nitrogens with two attached hydrogens (primary N) is 2. The van der Waals surface area contributed by atoms with Gasteiger partial charge in [0.15, 0.2) is 23.8 Å². The van der Waals surface area contributed by atoms with E-state index in [-0.39, 0.29) is 11.7 Å². The summed E-state index contributed by atoms with van der Waals surface area (Å²) in [6, 6.07) is -0.830. The molecule has 11 heteroatoms. The average Bonchev–Trinajstić information content (AvgIpc) is 3.17. The minimum absolute atomic E-state index is 0.184. The summed E-state index contributed by atoms with van der Waals surface area (Å²) in [4.78, 5) is 24.5. The van der Waals surface area contributed by atoms with Crippen LogP contribution in [-0.4, -0.2) is 66.7 Å². The number of hydrogen-bond acceptors (Lipinski definition) is 10. The molecule has 6 N–H and O–H groups in total. The molecule has 0 saturated carbocycles. The number of nitrogens with zero attached hydrogens (tertiary/aromatic N) is 4. The highest BCUT2D eigenvalue weighted by Crippen LogP contribution is 2.34. The normalized spacial score (nSPS) is 26.6. The fourth-order valence-corrected chi connectivity index (χ4v) is 3.10. The van der Waals surface area contributed by atoms with Crippen molar-refractivity contribution in [2.45, 2.75) is 50.8 Å². The largest absolute Gasteiger partial charge is 0.453 e. The van der Waals surface area contributed by atoms with E-state index in [4.69, 9.17) is 20.9 Å². The van der Waals surface area contributed by atoms with Crippen molar-refractivity contribution in [3.63, 3.8) is 0 Å². The number of fused-ring (bicyclic) bond motifs is 1. The molecule has 1 fully saturated rings. The Kier molecular flexibility index (Phi) is 5.56. The predicted octanol–water partition coefficient (Wildman–Crippen LogP) is -1.06. The zero-order valence-electron chi connectivity index (χ0n) is 15.1. The number of carbonyl (C=O) groups excluding carboxylic acids is 1. The Balaban J connectivity index is 1.89. The molecule has 3 rings (SSSR count). The van der Waals surface area contributed by atoms with E-state index in [9.17, 15) is 15.0 Å². The fraction of sp³-hybridized carbons (Fsp3) is 0.625. The van der Waals surface area contributed by atoms with Crippen LogP contribution in [0.2, 0.25) is 0 Å². The second-order valence-corrected chi connectivity index (χ2v) is 6.96. The molecule has 0 aromatic carbocycles. The van der Waals surface area contributed by atoms with Gasteiger partial charge in [0.05, 0.1) is 12.9 Å². The quantitative estimate of drug-likeness (QED) is 0.453. The van der Waals surface area contributed by atoms with Gasteiger partial charge in [-0.25, -0.2) is 15.0 Å². The molecule has 0 bridgehead atoms. The highest BCUT2D eigenvalue weighted by Gasteiger charge is 2.48. The Labute approximate surface area is 155 Å². The minimum atomic E-state index is -1.24. The van der Waals surface area contributed by atoms with Crippen LogP contribution in [0.1, 0.15) is 26.5 Å². The van der Waals surface area contributed by atoms with Gasteiger partial charge in [-0.3, -0.25) is 9.36 Å². The van der Waals surface area contributed by atoms with Crippen LogP contribution in [0.25, 0.3) is 11.2 Å². The molecule has 1 aliphatic rings. The minimum Gasteiger partial charge on any atom is -0.453 e. The number of aromatic nitrogens is 4. The van der Waals surface area contributed by atoms with Gasteiger partial charge in [0.1, 0.15) is 30.1 Å². The molecular weight excluding hydrogens is 356 g/mol. The van der Waals surface area contributed by atoms with Crippen molar-refractivity contribution >= 4 is 23.0 Å². The lowest BCUT2D eigenvalue weighted by molar-refractivity contribution is -0.160. The molecule has 27 heavy (non-hydrogen) atoms. The summed E-state index contributed by atoms with van der Waals surface area (Å²) < 4.78 is 12.6. The standard InChI is InChI=1S/C16H24N6O5/c1-7(2)3-8(17)16(25)27-12-11(24)9(4-23)26-15(12)22-6-21-10-13(18)19-5-20-14(10)22/h5-9,11-12,15,23-24H,3-4,17H2,1-2H3,(H2,18,19,20)/t8-,9+,11+,12+,15+/m0/s1. The first-order valence-corrected chi connectivity index (χ1v) is 8.67. The Morgan fingerprint density at radius 2 is 2.15 bits per heavy atom. The summed E-state index contributed by atoms with van der Waals surface area (Å²) in [6.07, 6.45) is -1.12. The van der Waals surface area contributed by atoms with E-state index in [0.29, 0.717) is 17.6 Å². The first kappa shape index (κ1) is 19.4. The number of nitrogen functional groups attached to an aromatic ring is 1. The summed E-state index contributed by atoms with van der Waals surface area (Å²) in [7, 11) is 0. The summed E-state index contributed by atoms with van der Waals surface area (Å²) >= 11 is 0. The van der Waals surface area contributed by atoms with Crippen molar-refractivity contribution in [2.24, 2.45) is 11.7 Å². The maximum absolute atomic E-state index is 12.4. The van der Waals surface area contributed by atoms with Crippen LogP contribution >= 0.6 is 0 Å². The molecule has 3 heterocycles. The number of esters is 1. The van der Waals surface area contributed by atoms with Crippen molar-refractivity contribution in [2.75, 3.05) is 12.3 Å². The molecule has 0 spiro atoms. The Hall–Kier alpha value is -2.34. The monoisotopic (exact) mass is 380 g/mol. The molecule has 5 atom stereocenters. The maximum atomic E-state index is 12.4. The highest BCUT2D eigenvalue weighted by molar-refractivity contribution is 5.81. The Bertz CT molecular complexity index is 812. The molecule has 1 saturated heterocycles. The van der Waals surface area contributed by atoms with Gasteiger partial charge in [0.2, 0.25) is 0 Å². The molecule has 2 aromatic heterocycles. The van der Waals surface area contributed by atoms with E-state index < -0.39 is 43.2 Å². The van der Waals surface area contributed by atoms with E-state index in [0.717, 1.165) is 0 Å². The molecule has 148 valence electrons. The van der Waals surface area contributed by atoms with Crippen molar-refractivity contribution in [1.29, 1.82) is 0 Å². The van der Waals surface area contributed by atoms with Crippen molar-refractivity contribution < 1.29 is 24.5 Å². The number of hydrogen-bond donors (Lipinski definition) is 4. The van der Waals surface area contributed by atoms with Gasteiger partial charge in [-0.15, -0.1) is 0 Å². The molecular formula is C16H24N6O5. The average molecular weight is 380 g/mol. The number of anilines is 1. The van der Waals surface area contributed by atoms with E-state index in [1.165, 1.54) is 17.2 Å². The van der Waals surface area contributed by atoms with Crippen LogP contribution in [0.15, 0.2) is 12.7 Å². The van der Waals surface area contributed by atoms with Crippen molar-refractivity contribution in [1.82, 2.24) is 19.5 Å². The first-order valence-electron chi connectivity index (χ1n) is 8.67. The lowest BCUT2D eigenvalue weighted by Gasteiger charge is -2.24. The molecule has 0 amide bonds. The summed E-state index contributed by atoms with van der Waals surface area (Å²) in [5.41, 5.74) is 12.4. The number of aliphatic hydroxyl groups excluding tert-OH is 2. The van der Waals surface area contributed by atoms with Crippen LogP contribution in [0.4, 0.5) is 5.82 Å². The third-order valence-corrected chi connectivity index (χ3v) is 4.43. The van der Waals surface area contributed by atoms with E-state index >= 15 is 0 Å². The first-order chi connectivity index (χ1) is 12.8. The number of aliphatic hydroxyl groups is 2. The third kappa shape index (κ3) is 3.72. The summed E-state index contributed by atoms with van der Waals surface area (Å²) in [5, 5.41) is 19.9. The van der Waals surface area contributed by atoms with Crippen molar-refractivity contribution in [3.05, 3.63) is 12.7 Å². The lowest BCUT2D eigenvalue weighted by Crippen LogP contribution is -2.42. The van der Waals surface area contributed by atoms with Gasteiger partial charge in [-0.1, -0.05) is 13.8 Å². The van der Waals surface area contributed by atoms with Gasteiger partial charge in [0, 0.05) is 0 Å². The van der Waals surface area contributed by atoms with Crippen LogP contribution in [0.5, 0.6) is 0 Å². The zero-order chi connectivity index (χ0) is 19.7. The Morgan fingerprint density at radius 1 is 1.41 bits per heavy atom. The SMILES string of the molecule is CC(C)C[C@H](N)C(=O)O[C@@H]1[C@H](O)[C@@H](CO)O[C@H]1n1cnc2c(N)ncnc21. The smallest absolute Gasteiger partial charge is 0.323 e. The highest BCUT2D eigenvalue weighted by atomic mass is 16.6. The summed E-state index contributed by atoms with van der Waals surface area (Å²) in [6.45, 7) is 3.42. The molecule has 11 nitrogen and oxygen atoms in total.